The predicted molar refractivity (Wildman–Crippen MR) is 67.4 cm³/mol. The zero-order valence-electron chi connectivity index (χ0n) is 10.9. The summed E-state index contributed by atoms with van der Waals surface area (Å²) in [5.74, 6) is 0.155. The van der Waals surface area contributed by atoms with Crippen molar-refractivity contribution in [3.05, 3.63) is 0 Å². The van der Waals surface area contributed by atoms with Gasteiger partial charge in [0, 0.05) is 24.5 Å². The molecule has 0 heterocycles. The molecule has 0 spiro atoms. The first kappa shape index (κ1) is 13.5. The smallest absolute Gasteiger partial charge is 0.221 e. The zero-order valence-corrected chi connectivity index (χ0v) is 10.9. The van der Waals surface area contributed by atoms with Crippen LogP contribution in [0.1, 0.15) is 59.3 Å². The molecule has 0 unspecified atom stereocenters. The van der Waals surface area contributed by atoms with Gasteiger partial charge < -0.3 is 10.6 Å². The van der Waals surface area contributed by atoms with E-state index < -0.39 is 0 Å². The highest BCUT2D eigenvalue weighted by Crippen LogP contribution is 2.27. The van der Waals surface area contributed by atoms with Gasteiger partial charge in [0.05, 0.1) is 0 Å². The average Bonchev–Trinajstić information content (AvgIpc) is 2.17. The fourth-order valence-corrected chi connectivity index (χ4v) is 2.38. The number of nitrogens with one attached hydrogen (secondary N) is 2. The van der Waals surface area contributed by atoms with Crippen molar-refractivity contribution >= 4 is 5.91 Å². The van der Waals surface area contributed by atoms with Crippen molar-refractivity contribution in [1.82, 2.24) is 10.6 Å². The molecule has 0 aromatic rings. The Bertz CT molecular complexity index is 220. The van der Waals surface area contributed by atoms with Crippen LogP contribution in [0.4, 0.5) is 0 Å². The molecule has 3 nitrogen and oxygen atoms in total. The second-order valence-electron chi connectivity index (χ2n) is 5.52. The van der Waals surface area contributed by atoms with Crippen molar-refractivity contribution in [3.8, 4) is 0 Å². The number of hydrogen-bond acceptors (Lipinski definition) is 2. The van der Waals surface area contributed by atoms with Crippen molar-refractivity contribution in [2.45, 2.75) is 70.9 Å². The first-order chi connectivity index (χ1) is 7.52. The molecule has 94 valence electrons. The van der Waals surface area contributed by atoms with Gasteiger partial charge in [-0.25, -0.2) is 0 Å². The van der Waals surface area contributed by atoms with Crippen LogP contribution in [0.3, 0.4) is 0 Å². The minimum absolute atomic E-state index is 0.155. The van der Waals surface area contributed by atoms with E-state index >= 15 is 0 Å². The van der Waals surface area contributed by atoms with Gasteiger partial charge in [0.15, 0.2) is 0 Å². The van der Waals surface area contributed by atoms with Crippen molar-refractivity contribution < 1.29 is 4.79 Å². The van der Waals surface area contributed by atoms with Crippen LogP contribution in [0.25, 0.3) is 0 Å². The van der Waals surface area contributed by atoms with Crippen LogP contribution >= 0.6 is 0 Å². The summed E-state index contributed by atoms with van der Waals surface area (Å²) in [6, 6.07) is 0.248. The maximum absolute atomic E-state index is 11.4. The maximum atomic E-state index is 11.4. The molecular weight excluding hydrogens is 200 g/mol. The standard InChI is InChI=1S/C13H26N2O/c1-11(2)15-12(16)7-10-14-13(3)8-5-4-6-9-13/h11,14H,4-10H2,1-3H3,(H,15,16). The third kappa shape index (κ3) is 4.97. The van der Waals surface area contributed by atoms with Crippen molar-refractivity contribution in [1.29, 1.82) is 0 Å². The highest BCUT2D eigenvalue weighted by Gasteiger charge is 2.25. The molecule has 0 bridgehead atoms. The van der Waals surface area contributed by atoms with E-state index in [0.717, 1.165) is 6.54 Å². The summed E-state index contributed by atoms with van der Waals surface area (Å²) in [5.41, 5.74) is 0.274. The summed E-state index contributed by atoms with van der Waals surface area (Å²) in [6.45, 7) is 7.07. The highest BCUT2D eigenvalue weighted by atomic mass is 16.1. The van der Waals surface area contributed by atoms with Crippen LogP contribution in [0.15, 0.2) is 0 Å². The minimum Gasteiger partial charge on any atom is -0.354 e. The Hall–Kier alpha value is -0.570. The molecule has 0 radical (unpaired) electrons. The van der Waals surface area contributed by atoms with E-state index in [4.69, 9.17) is 0 Å². The normalized spacial score (nSPS) is 19.8. The van der Waals surface area contributed by atoms with Gasteiger partial charge in [-0.3, -0.25) is 4.79 Å². The molecule has 2 N–H and O–H groups in total. The largest absolute Gasteiger partial charge is 0.354 e. The number of carbonyl (C=O) groups is 1. The topological polar surface area (TPSA) is 41.1 Å². The van der Waals surface area contributed by atoms with Gasteiger partial charge in [-0.1, -0.05) is 19.3 Å². The molecule has 1 rings (SSSR count). The molecule has 0 saturated heterocycles. The van der Waals surface area contributed by atoms with Gasteiger partial charge in [-0.05, 0) is 33.6 Å². The second kappa shape index (κ2) is 6.24. The van der Waals surface area contributed by atoms with Crippen molar-refractivity contribution in [3.63, 3.8) is 0 Å². The third-order valence-electron chi connectivity index (χ3n) is 3.31. The first-order valence-corrected chi connectivity index (χ1v) is 6.56. The summed E-state index contributed by atoms with van der Waals surface area (Å²) < 4.78 is 0. The Morgan fingerprint density at radius 3 is 2.44 bits per heavy atom. The van der Waals surface area contributed by atoms with Gasteiger partial charge in [0.1, 0.15) is 0 Å². The molecule has 1 aliphatic carbocycles. The Balaban J connectivity index is 2.16. The summed E-state index contributed by atoms with van der Waals surface area (Å²) in [4.78, 5) is 11.4. The van der Waals surface area contributed by atoms with Crippen LogP contribution in [0.2, 0.25) is 0 Å². The lowest BCUT2D eigenvalue weighted by Crippen LogP contribution is -2.45. The summed E-state index contributed by atoms with van der Waals surface area (Å²) >= 11 is 0. The molecule has 1 aliphatic rings. The van der Waals surface area contributed by atoms with Gasteiger partial charge in [-0.2, -0.15) is 0 Å². The van der Waals surface area contributed by atoms with E-state index in [9.17, 15) is 4.79 Å². The maximum Gasteiger partial charge on any atom is 0.221 e. The fraction of sp³-hybridized carbons (Fsp3) is 0.923. The molecule has 0 aliphatic heterocycles. The van der Waals surface area contributed by atoms with Crippen LogP contribution in [-0.2, 0) is 4.79 Å². The van der Waals surface area contributed by atoms with Crippen LogP contribution in [-0.4, -0.2) is 24.0 Å². The van der Waals surface area contributed by atoms with Gasteiger partial charge >= 0.3 is 0 Å². The monoisotopic (exact) mass is 226 g/mol. The van der Waals surface area contributed by atoms with Gasteiger partial charge in [0.25, 0.3) is 0 Å². The molecular formula is C13H26N2O. The van der Waals surface area contributed by atoms with Crippen LogP contribution in [0, 0.1) is 0 Å². The predicted octanol–water partition coefficient (Wildman–Crippen LogP) is 2.21. The summed E-state index contributed by atoms with van der Waals surface area (Å²) in [5, 5.41) is 6.46. The second-order valence-corrected chi connectivity index (χ2v) is 5.52. The molecule has 1 amide bonds. The van der Waals surface area contributed by atoms with E-state index in [1.54, 1.807) is 0 Å². The Kier molecular flexibility index (Phi) is 5.26. The van der Waals surface area contributed by atoms with Crippen molar-refractivity contribution in [2.75, 3.05) is 6.54 Å². The lowest BCUT2D eigenvalue weighted by atomic mass is 9.83. The van der Waals surface area contributed by atoms with E-state index in [0.29, 0.717) is 6.42 Å². The Labute approximate surface area is 99.4 Å². The van der Waals surface area contributed by atoms with Crippen molar-refractivity contribution in [2.24, 2.45) is 0 Å². The minimum atomic E-state index is 0.155. The number of rotatable bonds is 5. The zero-order chi connectivity index (χ0) is 12.0. The fourth-order valence-electron chi connectivity index (χ4n) is 2.38. The Morgan fingerprint density at radius 1 is 1.25 bits per heavy atom. The van der Waals surface area contributed by atoms with E-state index in [1.165, 1.54) is 32.1 Å². The molecule has 1 fully saturated rings. The van der Waals surface area contributed by atoms with Gasteiger partial charge in [-0.15, -0.1) is 0 Å². The highest BCUT2D eigenvalue weighted by molar-refractivity contribution is 5.76. The molecule has 1 saturated carbocycles. The average molecular weight is 226 g/mol. The molecule has 0 atom stereocenters. The number of amides is 1. The van der Waals surface area contributed by atoms with Gasteiger partial charge in [0.2, 0.25) is 5.91 Å². The molecule has 3 heteroatoms. The van der Waals surface area contributed by atoms with E-state index in [1.807, 2.05) is 13.8 Å². The van der Waals surface area contributed by atoms with Crippen LogP contribution in [0.5, 0.6) is 0 Å². The lowest BCUT2D eigenvalue weighted by molar-refractivity contribution is -0.121. The number of carbonyl (C=O) groups excluding carboxylic acids is 1. The summed E-state index contributed by atoms with van der Waals surface area (Å²) in [6.07, 6.45) is 7.10. The lowest BCUT2D eigenvalue weighted by Gasteiger charge is -2.34. The first-order valence-electron chi connectivity index (χ1n) is 6.56. The third-order valence-corrected chi connectivity index (χ3v) is 3.31. The molecule has 0 aromatic heterocycles. The van der Waals surface area contributed by atoms with E-state index in [-0.39, 0.29) is 17.5 Å². The quantitative estimate of drug-likeness (QED) is 0.754. The SMILES string of the molecule is CC(C)NC(=O)CCNC1(C)CCCCC1. The molecule has 0 aromatic carbocycles. The summed E-state index contributed by atoms with van der Waals surface area (Å²) in [7, 11) is 0. The van der Waals surface area contributed by atoms with Crippen LogP contribution < -0.4 is 10.6 Å². The Morgan fingerprint density at radius 2 is 1.88 bits per heavy atom. The molecule has 16 heavy (non-hydrogen) atoms. The van der Waals surface area contributed by atoms with E-state index in [2.05, 4.69) is 17.6 Å². The number of hydrogen-bond donors (Lipinski definition) is 2.